The molecule has 1 aliphatic carbocycles. The molecule has 3 heteroatoms. The molecule has 0 spiro atoms. The highest BCUT2D eigenvalue weighted by Gasteiger charge is 2.17. The van der Waals surface area contributed by atoms with Crippen molar-refractivity contribution in [3.8, 4) is 0 Å². The first-order chi connectivity index (χ1) is 9.19. The molecule has 2 N–H and O–H groups in total. The van der Waals surface area contributed by atoms with Gasteiger partial charge in [0.05, 0.1) is 5.69 Å². The Hall–Kier alpha value is -0.830. The van der Waals surface area contributed by atoms with Crippen LogP contribution in [0.3, 0.4) is 0 Å². The first kappa shape index (κ1) is 14.6. The van der Waals surface area contributed by atoms with Crippen LogP contribution < -0.4 is 5.73 Å². The third kappa shape index (κ3) is 4.34. The van der Waals surface area contributed by atoms with Gasteiger partial charge in [-0.05, 0) is 24.8 Å². The Labute approximate surface area is 117 Å². The van der Waals surface area contributed by atoms with Crippen molar-refractivity contribution < 1.29 is 0 Å². The minimum atomic E-state index is 0.295. The van der Waals surface area contributed by atoms with Gasteiger partial charge in [-0.2, -0.15) is 5.10 Å². The van der Waals surface area contributed by atoms with Crippen LogP contribution in [0.4, 0.5) is 0 Å². The van der Waals surface area contributed by atoms with Gasteiger partial charge in [-0.1, -0.05) is 45.4 Å². The summed E-state index contributed by atoms with van der Waals surface area (Å²) in [4.78, 5) is 0. The highest BCUT2D eigenvalue weighted by molar-refractivity contribution is 5.11. The first-order valence-corrected chi connectivity index (χ1v) is 7.96. The molecule has 3 nitrogen and oxygen atoms in total. The largest absolute Gasteiger partial charge is 0.327 e. The molecule has 1 aromatic heterocycles. The molecule has 108 valence electrons. The van der Waals surface area contributed by atoms with Crippen LogP contribution in [0.15, 0.2) is 6.07 Å². The zero-order valence-corrected chi connectivity index (χ0v) is 12.6. The van der Waals surface area contributed by atoms with E-state index in [-0.39, 0.29) is 0 Å². The second-order valence-corrected chi connectivity index (χ2v) is 6.16. The number of aromatic nitrogens is 2. The van der Waals surface area contributed by atoms with Gasteiger partial charge >= 0.3 is 0 Å². The molecule has 1 unspecified atom stereocenters. The lowest BCUT2D eigenvalue weighted by Gasteiger charge is -2.19. The number of aryl methyl sites for hydroxylation is 2. The van der Waals surface area contributed by atoms with Crippen molar-refractivity contribution in [2.24, 2.45) is 18.7 Å². The van der Waals surface area contributed by atoms with Crippen LogP contribution in [-0.2, 0) is 19.9 Å². The van der Waals surface area contributed by atoms with Gasteiger partial charge in [-0.25, -0.2) is 0 Å². The summed E-state index contributed by atoms with van der Waals surface area (Å²) in [7, 11) is 2.03. The van der Waals surface area contributed by atoms with Crippen molar-refractivity contribution in [1.29, 1.82) is 0 Å². The molecule has 0 radical (unpaired) electrons. The molecule has 1 fully saturated rings. The molecule has 0 bridgehead atoms. The van der Waals surface area contributed by atoms with E-state index in [1.807, 2.05) is 11.7 Å². The Kier molecular flexibility index (Phi) is 5.44. The third-order valence-electron chi connectivity index (χ3n) is 4.47. The second-order valence-electron chi connectivity index (χ2n) is 6.16. The lowest BCUT2D eigenvalue weighted by Crippen LogP contribution is -2.27. The molecule has 0 aromatic carbocycles. The summed E-state index contributed by atoms with van der Waals surface area (Å²) in [5.74, 6) is 0.858. The van der Waals surface area contributed by atoms with Crippen LogP contribution in [0.5, 0.6) is 0 Å². The van der Waals surface area contributed by atoms with Gasteiger partial charge in [0, 0.05) is 25.2 Å². The maximum Gasteiger partial charge on any atom is 0.0624 e. The Balaban J connectivity index is 1.85. The van der Waals surface area contributed by atoms with Gasteiger partial charge in [0.2, 0.25) is 0 Å². The lowest BCUT2D eigenvalue weighted by atomic mass is 9.91. The molecular formula is C16H29N3. The van der Waals surface area contributed by atoms with Gasteiger partial charge in [-0.15, -0.1) is 0 Å². The van der Waals surface area contributed by atoms with Crippen LogP contribution in [0.25, 0.3) is 0 Å². The Morgan fingerprint density at radius 3 is 2.58 bits per heavy atom. The van der Waals surface area contributed by atoms with Crippen molar-refractivity contribution in [1.82, 2.24) is 9.78 Å². The predicted molar refractivity (Wildman–Crippen MR) is 80.1 cm³/mol. The quantitative estimate of drug-likeness (QED) is 0.829. The molecule has 1 aromatic rings. The summed E-state index contributed by atoms with van der Waals surface area (Å²) in [6.07, 6.45) is 11.6. The summed E-state index contributed by atoms with van der Waals surface area (Å²) in [6, 6.07) is 2.51. The average Bonchev–Trinajstić information content (AvgIpc) is 2.59. The summed E-state index contributed by atoms with van der Waals surface area (Å²) >= 11 is 0. The SMILES string of the molecule is CCc1cc(CC(N)CC2CCCCCC2)n(C)n1. The Morgan fingerprint density at radius 2 is 2.00 bits per heavy atom. The number of rotatable bonds is 5. The lowest BCUT2D eigenvalue weighted by molar-refractivity contribution is 0.384. The molecule has 1 saturated carbocycles. The van der Waals surface area contributed by atoms with Gasteiger partial charge in [0.15, 0.2) is 0 Å². The van der Waals surface area contributed by atoms with E-state index in [2.05, 4.69) is 18.1 Å². The summed E-state index contributed by atoms with van der Waals surface area (Å²) in [6.45, 7) is 2.15. The Morgan fingerprint density at radius 1 is 1.32 bits per heavy atom. The van der Waals surface area contributed by atoms with E-state index in [0.29, 0.717) is 6.04 Å². The highest BCUT2D eigenvalue weighted by atomic mass is 15.3. The number of nitrogens with two attached hydrogens (primary N) is 1. The summed E-state index contributed by atoms with van der Waals surface area (Å²) in [5, 5.41) is 4.51. The van der Waals surface area contributed by atoms with Crippen molar-refractivity contribution in [2.75, 3.05) is 0 Å². The molecule has 19 heavy (non-hydrogen) atoms. The fourth-order valence-corrected chi connectivity index (χ4v) is 3.32. The molecule has 0 aliphatic heterocycles. The van der Waals surface area contributed by atoms with Crippen molar-refractivity contribution in [3.63, 3.8) is 0 Å². The number of hydrogen-bond acceptors (Lipinski definition) is 2. The number of hydrogen-bond donors (Lipinski definition) is 1. The van der Waals surface area contributed by atoms with Crippen LogP contribution in [0.1, 0.15) is 63.3 Å². The maximum atomic E-state index is 6.37. The van der Waals surface area contributed by atoms with Crippen molar-refractivity contribution in [2.45, 2.75) is 70.8 Å². The van der Waals surface area contributed by atoms with Crippen LogP contribution >= 0.6 is 0 Å². The predicted octanol–water partition coefficient (Wildman–Crippen LogP) is 3.21. The minimum absolute atomic E-state index is 0.295. The van der Waals surface area contributed by atoms with E-state index >= 15 is 0 Å². The zero-order valence-electron chi connectivity index (χ0n) is 12.6. The van der Waals surface area contributed by atoms with E-state index < -0.39 is 0 Å². The topological polar surface area (TPSA) is 43.8 Å². The summed E-state index contributed by atoms with van der Waals surface area (Å²) in [5.41, 5.74) is 8.84. The zero-order chi connectivity index (χ0) is 13.7. The molecular weight excluding hydrogens is 234 g/mol. The van der Waals surface area contributed by atoms with E-state index in [0.717, 1.165) is 18.8 Å². The molecule has 1 aliphatic rings. The van der Waals surface area contributed by atoms with Crippen LogP contribution in [0, 0.1) is 5.92 Å². The fourth-order valence-electron chi connectivity index (χ4n) is 3.32. The smallest absolute Gasteiger partial charge is 0.0624 e. The van der Waals surface area contributed by atoms with E-state index in [4.69, 9.17) is 5.73 Å². The molecule has 0 amide bonds. The Bertz CT molecular complexity index is 375. The second kappa shape index (κ2) is 7.09. The van der Waals surface area contributed by atoms with E-state index in [1.165, 1.54) is 56.3 Å². The highest BCUT2D eigenvalue weighted by Crippen LogP contribution is 2.26. The number of nitrogens with zero attached hydrogens (tertiary/aromatic N) is 2. The molecule has 1 heterocycles. The van der Waals surface area contributed by atoms with Crippen molar-refractivity contribution >= 4 is 0 Å². The first-order valence-electron chi connectivity index (χ1n) is 7.96. The minimum Gasteiger partial charge on any atom is -0.327 e. The molecule has 1 atom stereocenters. The average molecular weight is 263 g/mol. The van der Waals surface area contributed by atoms with Crippen LogP contribution in [0.2, 0.25) is 0 Å². The molecule has 0 saturated heterocycles. The third-order valence-corrected chi connectivity index (χ3v) is 4.47. The van der Waals surface area contributed by atoms with E-state index in [1.54, 1.807) is 0 Å². The van der Waals surface area contributed by atoms with Crippen molar-refractivity contribution in [3.05, 3.63) is 17.5 Å². The normalized spacial score (nSPS) is 19.3. The summed E-state index contributed by atoms with van der Waals surface area (Å²) < 4.78 is 2.01. The van der Waals surface area contributed by atoms with Crippen LogP contribution in [-0.4, -0.2) is 15.8 Å². The fraction of sp³-hybridized carbons (Fsp3) is 0.812. The maximum absolute atomic E-state index is 6.37. The monoisotopic (exact) mass is 263 g/mol. The van der Waals surface area contributed by atoms with Gasteiger partial charge < -0.3 is 5.73 Å². The van der Waals surface area contributed by atoms with Gasteiger partial charge in [-0.3, -0.25) is 4.68 Å². The van der Waals surface area contributed by atoms with E-state index in [9.17, 15) is 0 Å². The standard InChI is InChI=1S/C16H29N3/c1-3-15-12-16(19(2)18-15)11-14(17)10-13-8-6-4-5-7-9-13/h12-14H,3-11,17H2,1-2H3. The van der Waals surface area contributed by atoms with Gasteiger partial charge in [0.1, 0.15) is 0 Å². The molecule has 2 rings (SSSR count). The van der Waals surface area contributed by atoms with Gasteiger partial charge in [0.25, 0.3) is 0 Å².